The lowest BCUT2D eigenvalue weighted by molar-refractivity contribution is 0.0342. The number of oxazole rings is 1. The van der Waals surface area contributed by atoms with E-state index in [4.69, 9.17) is 9.15 Å². The SMILES string of the molecule is c1nc2cc(CN3CCOCC3)ccc2o1. The first-order chi connectivity index (χ1) is 7.92. The van der Waals surface area contributed by atoms with Crippen molar-refractivity contribution in [3.8, 4) is 0 Å². The summed E-state index contributed by atoms with van der Waals surface area (Å²) in [6.45, 7) is 4.66. The molecule has 1 saturated heterocycles. The largest absolute Gasteiger partial charge is 0.443 e. The van der Waals surface area contributed by atoms with Crippen LogP contribution in [0.5, 0.6) is 0 Å². The van der Waals surface area contributed by atoms with Gasteiger partial charge < -0.3 is 9.15 Å². The second-order valence-electron chi connectivity index (χ2n) is 4.04. The van der Waals surface area contributed by atoms with E-state index in [0.29, 0.717) is 0 Å². The highest BCUT2D eigenvalue weighted by atomic mass is 16.5. The number of benzene rings is 1. The Morgan fingerprint density at radius 3 is 3.00 bits per heavy atom. The molecule has 4 heteroatoms. The van der Waals surface area contributed by atoms with Gasteiger partial charge in [-0.2, -0.15) is 0 Å². The Bertz CT molecular complexity index is 475. The van der Waals surface area contributed by atoms with Crippen LogP contribution in [-0.2, 0) is 11.3 Å². The number of nitrogens with zero attached hydrogens (tertiary/aromatic N) is 2. The van der Waals surface area contributed by atoms with E-state index in [0.717, 1.165) is 43.9 Å². The van der Waals surface area contributed by atoms with Gasteiger partial charge in [-0.3, -0.25) is 4.90 Å². The Labute approximate surface area is 93.8 Å². The predicted octanol–water partition coefficient (Wildman–Crippen LogP) is 1.66. The van der Waals surface area contributed by atoms with E-state index in [9.17, 15) is 0 Å². The van der Waals surface area contributed by atoms with Gasteiger partial charge in [-0.15, -0.1) is 0 Å². The van der Waals surface area contributed by atoms with Crippen molar-refractivity contribution in [3.63, 3.8) is 0 Å². The number of fused-ring (bicyclic) bond motifs is 1. The molecule has 1 fully saturated rings. The molecule has 0 N–H and O–H groups in total. The van der Waals surface area contributed by atoms with Gasteiger partial charge in [-0.25, -0.2) is 4.98 Å². The molecule has 0 bridgehead atoms. The molecule has 1 aliphatic heterocycles. The summed E-state index contributed by atoms with van der Waals surface area (Å²) in [7, 11) is 0. The Hall–Kier alpha value is -1.39. The number of ether oxygens (including phenoxy) is 1. The number of rotatable bonds is 2. The summed E-state index contributed by atoms with van der Waals surface area (Å²) in [5.74, 6) is 0. The third kappa shape index (κ3) is 1.94. The van der Waals surface area contributed by atoms with Crippen LogP contribution in [-0.4, -0.2) is 36.2 Å². The summed E-state index contributed by atoms with van der Waals surface area (Å²) in [6, 6.07) is 6.18. The molecule has 2 aromatic rings. The van der Waals surface area contributed by atoms with Crippen molar-refractivity contribution in [2.45, 2.75) is 6.54 Å². The summed E-state index contributed by atoms with van der Waals surface area (Å²) >= 11 is 0. The van der Waals surface area contributed by atoms with E-state index in [1.807, 2.05) is 6.07 Å². The molecule has 0 amide bonds. The maximum absolute atomic E-state index is 5.33. The van der Waals surface area contributed by atoms with Crippen molar-refractivity contribution < 1.29 is 9.15 Å². The molecule has 0 atom stereocenters. The van der Waals surface area contributed by atoms with Crippen molar-refractivity contribution in [1.82, 2.24) is 9.88 Å². The lowest BCUT2D eigenvalue weighted by atomic mass is 10.2. The van der Waals surface area contributed by atoms with Gasteiger partial charge in [0.05, 0.1) is 13.2 Å². The zero-order valence-electron chi connectivity index (χ0n) is 9.06. The van der Waals surface area contributed by atoms with E-state index in [-0.39, 0.29) is 0 Å². The fourth-order valence-corrected chi connectivity index (χ4v) is 2.02. The highest BCUT2D eigenvalue weighted by molar-refractivity contribution is 5.72. The second kappa shape index (κ2) is 4.23. The minimum atomic E-state index is 0.839. The van der Waals surface area contributed by atoms with Gasteiger partial charge in [0, 0.05) is 19.6 Å². The number of hydrogen-bond acceptors (Lipinski definition) is 4. The average molecular weight is 218 g/mol. The Morgan fingerprint density at radius 1 is 1.25 bits per heavy atom. The molecule has 84 valence electrons. The van der Waals surface area contributed by atoms with Crippen molar-refractivity contribution in [2.75, 3.05) is 26.3 Å². The van der Waals surface area contributed by atoms with Gasteiger partial charge >= 0.3 is 0 Å². The third-order valence-corrected chi connectivity index (χ3v) is 2.90. The highest BCUT2D eigenvalue weighted by Gasteiger charge is 2.11. The van der Waals surface area contributed by atoms with Crippen LogP contribution in [0.4, 0.5) is 0 Å². The molecule has 3 rings (SSSR count). The zero-order valence-corrected chi connectivity index (χ0v) is 9.06. The van der Waals surface area contributed by atoms with Crippen molar-refractivity contribution in [3.05, 3.63) is 30.2 Å². The minimum Gasteiger partial charge on any atom is -0.443 e. The first-order valence-electron chi connectivity index (χ1n) is 5.54. The normalized spacial score (nSPS) is 18.0. The monoisotopic (exact) mass is 218 g/mol. The van der Waals surface area contributed by atoms with Crippen LogP contribution >= 0.6 is 0 Å². The van der Waals surface area contributed by atoms with Gasteiger partial charge in [0.15, 0.2) is 12.0 Å². The average Bonchev–Trinajstić information content (AvgIpc) is 2.77. The standard InChI is InChI=1S/C12H14N2O2/c1-2-12-11(13-9-16-12)7-10(1)8-14-3-5-15-6-4-14/h1-2,7,9H,3-6,8H2. The molecule has 0 saturated carbocycles. The topological polar surface area (TPSA) is 38.5 Å². The van der Waals surface area contributed by atoms with E-state index >= 15 is 0 Å². The quantitative estimate of drug-likeness (QED) is 0.768. The second-order valence-corrected chi connectivity index (χ2v) is 4.04. The molecule has 0 radical (unpaired) electrons. The summed E-state index contributed by atoms with van der Waals surface area (Å²) in [4.78, 5) is 6.56. The van der Waals surface area contributed by atoms with Crippen LogP contribution in [0, 0.1) is 0 Å². The molecular formula is C12H14N2O2. The molecule has 1 aliphatic rings. The van der Waals surface area contributed by atoms with E-state index in [1.165, 1.54) is 12.0 Å². The lowest BCUT2D eigenvalue weighted by Crippen LogP contribution is -2.35. The van der Waals surface area contributed by atoms with Crippen LogP contribution in [0.15, 0.2) is 29.0 Å². The highest BCUT2D eigenvalue weighted by Crippen LogP contribution is 2.15. The van der Waals surface area contributed by atoms with E-state index in [1.54, 1.807) is 0 Å². The number of hydrogen-bond donors (Lipinski definition) is 0. The van der Waals surface area contributed by atoms with Crippen LogP contribution in [0.1, 0.15) is 5.56 Å². The lowest BCUT2D eigenvalue weighted by Gasteiger charge is -2.26. The summed E-state index contributed by atoms with van der Waals surface area (Å²) < 4.78 is 10.5. The molecule has 0 spiro atoms. The zero-order chi connectivity index (χ0) is 10.8. The maximum atomic E-state index is 5.33. The van der Waals surface area contributed by atoms with Crippen molar-refractivity contribution in [1.29, 1.82) is 0 Å². The maximum Gasteiger partial charge on any atom is 0.181 e. The van der Waals surface area contributed by atoms with Crippen molar-refractivity contribution in [2.24, 2.45) is 0 Å². The summed E-state index contributed by atoms with van der Waals surface area (Å²) in [5, 5.41) is 0. The molecule has 0 unspecified atom stereocenters. The Kier molecular flexibility index (Phi) is 2.60. The van der Waals surface area contributed by atoms with Crippen LogP contribution in [0.25, 0.3) is 11.1 Å². The van der Waals surface area contributed by atoms with Gasteiger partial charge in [0.2, 0.25) is 0 Å². The minimum absolute atomic E-state index is 0.839. The van der Waals surface area contributed by atoms with Gasteiger partial charge in [-0.1, -0.05) is 6.07 Å². The molecule has 1 aromatic carbocycles. The summed E-state index contributed by atoms with van der Waals surface area (Å²) in [5.41, 5.74) is 3.07. The number of morpholine rings is 1. The van der Waals surface area contributed by atoms with Crippen LogP contribution in [0.3, 0.4) is 0 Å². The van der Waals surface area contributed by atoms with Crippen LogP contribution in [0.2, 0.25) is 0 Å². The van der Waals surface area contributed by atoms with Gasteiger partial charge in [0.25, 0.3) is 0 Å². The molecule has 2 heterocycles. The van der Waals surface area contributed by atoms with Gasteiger partial charge in [0.1, 0.15) is 5.52 Å². The van der Waals surface area contributed by atoms with Crippen LogP contribution < -0.4 is 0 Å². The van der Waals surface area contributed by atoms with E-state index in [2.05, 4.69) is 22.0 Å². The molecule has 1 aromatic heterocycles. The molecule has 0 aliphatic carbocycles. The number of aromatic nitrogens is 1. The Morgan fingerprint density at radius 2 is 2.12 bits per heavy atom. The predicted molar refractivity (Wildman–Crippen MR) is 60.1 cm³/mol. The first-order valence-corrected chi connectivity index (χ1v) is 5.54. The van der Waals surface area contributed by atoms with Crippen molar-refractivity contribution >= 4 is 11.1 Å². The third-order valence-electron chi connectivity index (χ3n) is 2.90. The molecule has 4 nitrogen and oxygen atoms in total. The fraction of sp³-hybridized carbons (Fsp3) is 0.417. The first kappa shape index (κ1) is 9.81. The molecular weight excluding hydrogens is 204 g/mol. The molecule has 16 heavy (non-hydrogen) atoms. The Balaban J connectivity index is 1.77. The van der Waals surface area contributed by atoms with E-state index < -0.39 is 0 Å². The fourth-order valence-electron chi connectivity index (χ4n) is 2.02. The summed E-state index contributed by atoms with van der Waals surface area (Å²) in [6.07, 6.45) is 1.49. The van der Waals surface area contributed by atoms with Gasteiger partial charge in [-0.05, 0) is 17.7 Å². The smallest absolute Gasteiger partial charge is 0.181 e.